The smallest absolute Gasteiger partial charge is 0.259 e. The lowest BCUT2D eigenvalue weighted by molar-refractivity contribution is -0.130. The van der Waals surface area contributed by atoms with Crippen LogP contribution in [0.4, 0.5) is 5.69 Å². The zero-order valence-corrected chi connectivity index (χ0v) is 19.0. The van der Waals surface area contributed by atoms with Crippen LogP contribution in [0.5, 0.6) is 5.75 Å². The van der Waals surface area contributed by atoms with Crippen molar-refractivity contribution in [2.45, 2.75) is 0 Å². The monoisotopic (exact) mass is 462 g/mol. The molecule has 168 valence electrons. The summed E-state index contributed by atoms with van der Waals surface area (Å²) < 4.78 is 5.46. The van der Waals surface area contributed by atoms with Crippen molar-refractivity contribution < 1.29 is 19.1 Å². The minimum atomic E-state index is -0.317. The molecule has 0 saturated heterocycles. The fourth-order valence-electron chi connectivity index (χ4n) is 2.85. The number of hydrogen-bond donors (Lipinski definition) is 1. The summed E-state index contributed by atoms with van der Waals surface area (Å²) in [4.78, 5) is 38.2. The Morgan fingerprint density at radius 2 is 1.73 bits per heavy atom. The number of carbonyl (C=O) groups excluding carboxylic acids is 3. The van der Waals surface area contributed by atoms with Crippen LogP contribution in [-0.4, -0.2) is 43.2 Å². The van der Waals surface area contributed by atoms with Gasteiger partial charge in [-0.05, 0) is 48.0 Å². The number of likely N-dealkylation sites (N-methyl/N-ethyl adjacent to an activating group) is 1. The highest BCUT2D eigenvalue weighted by atomic mass is 35.5. The maximum Gasteiger partial charge on any atom is 0.259 e. The molecule has 0 bridgehead atoms. The third kappa shape index (κ3) is 6.79. The van der Waals surface area contributed by atoms with Gasteiger partial charge in [0.1, 0.15) is 5.75 Å². The van der Waals surface area contributed by atoms with Crippen molar-refractivity contribution in [3.8, 4) is 5.75 Å². The zero-order chi connectivity index (χ0) is 23.8. The van der Waals surface area contributed by atoms with Gasteiger partial charge in [-0.1, -0.05) is 54.1 Å². The van der Waals surface area contributed by atoms with E-state index in [1.807, 2.05) is 6.07 Å². The summed E-state index contributed by atoms with van der Waals surface area (Å²) in [5, 5.41) is 3.18. The van der Waals surface area contributed by atoms with Crippen molar-refractivity contribution in [2.24, 2.45) is 0 Å². The molecule has 0 saturated carbocycles. The van der Waals surface area contributed by atoms with Crippen molar-refractivity contribution in [1.29, 1.82) is 0 Å². The lowest BCUT2D eigenvalue weighted by atomic mass is 10.1. The second-order valence-corrected chi connectivity index (χ2v) is 7.77. The van der Waals surface area contributed by atoms with Gasteiger partial charge < -0.3 is 15.0 Å². The Hall–Kier alpha value is -3.90. The summed E-state index contributed by atoms with van der Waals surface area (Å²) in [5.41, 5.74) is 2.13. The maximum absolute atomic E-state index is 12.6. The highest BCUT2D eigenvalue weighted by Gasteiger charge is 2.10. The minimum Gasteiger partial charge on any atom is -0.484 e. The predicted molar refractivity (Wildman–Crippen MR) is 130 cm³/mol. The molecule has 0 aliphatic carbocycles. The lowest BCUT2D eigenvalue weighted by Crippen LogP contribution is -2.27. The molecule has 3 rings (SSSR count). The van der Waals surface area contributed by atoms with E-state index in [-0.39, 0.29) is 24.2 Å². The number of carbonyl (C=O) groups is 3. The van der Waals surface area contributed by atoms with Gasteiger partial charge in [-0.2, -0.15) is 0 Å². The van der Waals surface area contributed by atoms with Gasteiger partial charge in [0.15, 0.2) is 12.4 Å². The van der Waals surface area contributed by atoms with Gasteiger partial charge in [0.25, 0.3) is 11.8 Å². The molecule has 0 aromatic heterocycles. The van der Waals surface area contributed by atoms with Crippen LogP contribution in [0.2, 0.25) is 5.02 Å². The number of hydrogen-bond acceptors (Lipinski definition) is 4. The fraction of sp³-hybridized carbons (Fsp3) is 0.115. The number of ketones is 1. The van der Waals surface area contributed by atoms with Crippen molar-refractivity contribution >= 4 is 41.0 Å². The first-order chi connectivity index (χ1) is 15.8. The predicted octanol–water partition coefficient (Wildman–Crippen LogP) is 4.96. The van der Waals surface area contributed by atoms with Crippen LogP contribution in [0.1, 0.15) is 26.3 Å². The number of benzene rings is 3. The number of ether oxygens (including phenoxy) is 1. The van der Waals surface area contributed by atoms with Gasteiger partial charge >= 0.3 is 0 Å². The van der Waals surface area contributed by atoms with E-state index in [4.69, 9.17) is 16.3 Å². The number of nitrogens with one attached hydrogen (secondary N) is 1. The molecule has 1 N–H and O–H groups in total. The molecule has 0 atom stereocenters. The van der Waals surface area contributed by atoms with Crippen LogP contribution in [0.15, 0.2) is 78.9 Å². The largest absolute Gasteiger partial charge is 0.484 e. The number of anilines is 1. The van der Waals surface area contributed by atoms with Gasteiger partial charge in [-0.3, -0.25) is 14.4 Å². The molecule has 0 aliphatic rings. The molecule has 0 radical (unpaired) electrons. The number of rotatable bonds is 8. The van der Waals surface area contributed by atoms with Gasteiger partial charge in [0.2, 0.25) is 0 Å². The molecule has 6 nitrogen and oxygen atoms in total. The minimum absolute atomic E-state index is 0.104. The summed E-state index contributed by atoms with van der Waals surface area (Å²) in [7, 11) is 3.29. The second kappa shape index (κ2) is 11.1. The van der Waals surface area contributed by atoms with E-state index in [1.54, 1.807) is 86.9 Å². The molecule has 0 spiro atoms. The first kappa shape index (κ1) is 23.8. The number of amides is 2. The standard InChI is InChI=1S/C26H23ClN2O4/c1-29(2)25(31)17-33-21-10-6-8-19(16-21)24(30)14-13-18-7-5-9-20(15-18)28-26(32)22-11-3-4-12-23(22)27/h3-16H,17H2,1-2H3,(H,28,32). The SMILES string of the molecule is CN(C)C(=O)COc1cccc(C(=O)C=Cc2cccc(NC(=O)c3ccccc3Cl)c2)c1. The Bertz CT molecular complexity index is 1200. The molecule has 2 amide bonds. The summed E-state index contributed by atoms with van der Waals surface area (Å²) in [6.07, 6.45) is 3.11. The van der Waals surface area contributed by atoms with Crippen LogP contribution in [0, 0.1) is 0 Å². The van der Waals surface area contributed by atoms with Gasteiger partial charge in [-0.15, -0.1) is 0 Å². The molecular weight excluding hydrogens is 440 g/mol. The Morgan fingerprint density at radius 1 is 0.970 bits per heavy atom. The van der Waals surface area contributed by atoms with Crippen LogP contribution < -0.4 is 10.1 Å². The maximum atomic E-state index is 12.6. The molecule has 0 unspecified atom stereocenters. The molecule has 0 fully saturated rings. The van der Waals surface area contributed by atoms with Crippen molar-refractivity contribution in [3.63, 3.8) is 0 Å². The van der Waals surface area contributed by atoms with E-state index < -0.39 is 0 Å². The van der Waals surface area contributed by atoms with Gasteiger partial charge in [0, 0.05) is 25.3 Å². The van der Waals surface area contributed by atoms with E-state index in [0.717, 1.165) is 5.56 Å². The highest BCUT2D eigenvalue weighted by Crippen LogP contribution is 2.19. The normalized spacial score (nSPS) is 10.6. The van der Waals surface area contributed by atoms with Crippen molar-refractivity contribution in [3.05, 3.63) is 101 Å². The highest BCUT2D eigenvalue weighted by molar-refractivity contribution is 6.34. The average molecular weight is 463 g/mol. The van der Waals surface area contributed by atoms with E-state index in [2.05, 4.69) is 5.32 Å². The number of nitrogens with zero attached hydrogens (tertiary/aromatic N) is 1. The topological polar surface area (TPSA) is 75.7 Å². The Balaban J connectivity index is 1.66. The summed E-state index contributed by atoms with van der Waals surface area (Å²) in [6.45, 7) is -0.104. The first-order valence-corrected chi connectivity index (χ1v) is 10.5. The second-order valence-electron chi connectivity index (χ2n) is 7.36. The molecule has 3 aromatic carbocycles. The third-order valence-electron chi connectivity index (χ3n) is 4.67. The van der Waals surface area contributed by atoms with E-state index in [1.165, 1.54) is 11.0 Å². The van der Waals surface area contributed by atoms with Crippen LogP contribution in [0.25, 0.3) is 6.08 Å². The van der Waals surface area contributed by atoms with Crippen molar-refractivity contribution in [2.75, 3.05) is 26.0 Å². The third-order valence-corrected chi connectivity index (χ3v) is 5.00. The molecule has 0 aliphatic heterocycles. The fourth-order valence-corrected chi connectivity index (χ4v) is 3.07. The molecule has 3 aromatic rings. The Morgan fingerprint density at radius 3 is 2.48 bits per heavy atom. The van der Waals surface area contributed by atoms with Gasteiger partial charge in [-0.25, -0.2) is 0 Å². The van der Waals surface area contributed by atoms with E-state index in [0.29, 0.717) is 27.6 Å². The Kier molecular flexibility index (Phi) is 8.00. The van der Waals surface area contributed by atoms with Crippen LogP contribution in [0.3, 0.4) is 0 Å². The quantitative estimate of drug-likeness (QED) is 0.379. The molecule has 33 heavy (non-hydrogen) atoms. The average Bonchev–Trinajstić information content (AvgIpc) is 2.81. The molecule has 0 heterocycles. The van der Waals surface area contributed by atoms with Crippen LogP contribution >= 0.6 is 11.6 Å². The first-order valence-electron chi connectivity index (χ1n) is 10.1. The Labute approximate surface area is 197 Å². The van der Waals surface area contributed by atoms with Crippen LogP contribution in [-0.2, 0) is 4.79 Å². The summed E-state index contributed by atoms with van der Waals surface area (Å²) in [6, 6.07) is 20.6. The van der Waals surface area contributed by atoms with E-state index >= 15 is 0 Å². The lowest BCUT2D eigenvalue weighted by Gasteiger charge is -2.11. The zero-order valence-electron chi connectivity index (χ0n) is 18.2. The van der Waals surface area contributed by atoms with Crippen molar-refractivity contribution in [1.82, 2.24) is 4.90 Å². The number of halogens is 1. The molecular formula is C26H23ClN2O4. The summed E-state index contributed by atoms with van der Waals surface area (Å²) in [5.74, 6) is -0.269. The number of allylic oxidation sites excluding steroid dienone is 1. The van der Waals surface area contributed by atoms with E-state index in [9.17, 15) is 14.4 Å². The molecule has 7 heteroatoms. The van der Waals surface area contributed by atoms with Gasteiger partial charge in [0.05, 0.1) is 10.6 Å². The summed E-state index contributed by atoms with van der Waals surface area (Å²) >= 11 is 6.08.